The summed E-state index contributed by atoms with van der Waals surface area (Å²) in [6.45, 7) is 1.97. The van der Waals surface area contributed by atoms with Gasteiger partial charge in [0.25, 0.3) is 17.7 Å². The zero-order valence-electron chi connectivity index (χ0n) is 31.4. The first kappa shape index (κ1) is 38.5. The van der Waals surface area contributed by atoms with Gasteiger partial charge in [0, 0.05) is 58.3 Å². The Balaban J connectivity index is 1.14. The Morgan fingerprint density at radius 2 is 1.44 bits per heavy atom. The van der Waals surface area contributed by atoms with Gasteiger partial charge in [0.2, 0.25) is 5.91 Å². The molecule has 0 aliphatic carbocycles. The van der Waals surface area contributed by atoms with E-state index < -0.39 is 23.3 Å². The number of nitrogens with one attached hydrogen (secondary N) is 2. The molecule has 12 nitrogen and oxygen atoms in total. The Labute approximate surface area is 330 Å². The van der Waals surface area contributed by atoms with Crippen LogP contribution in [0.4, 0.5) is 28.4 Å². The van der Waals surface area contributed by atoms with Crippen molar-refractivity contribution in [1.29, 1.82) is 0 Å². The normalized spacial score (nSPS) is 17.9. The van der Waals surface area contributed by atoms with Crippen molar-refractivity contribution in [1.82, 2.24) is 4.90 Å². The number of amides is 4. The lowest BCUT2D eigenvalue weighted by molar-refractivity contribution is -0.139. The van der Waals surface area contributed by atoms with Crippen LogP contribution < -0.4 is 27.0 Å². The van der Waals surface area contributed by atoms with E-state index in [9.17, 15) is 29.4 Å². The predicted molar refractivity (Wildman–Crippen MR) is 220 cm³/mol. The summed E-state index contributed by atoms with van der Waals surface area (Å²) in [4.78, 5) is 57.3. The van der Waals surface area contributed by atoms with E-state index >= 15 is 0 Å². The van der Waals surface area contributed by atoms with Gasteiger partial charge in [-0.25, -0.2) is 0 Å². The molecule has 290 valence electrons. The number of anilines is 5. The molecule has 0 fully saturated rings. The third-order valence-corrected chi connectivity index (χ3v) is 10.7. The van der Waals surface area contributed by atoms with Crippen molar-refractivity contribution in [2.45, 2.75) is 44.5 Å². The Hall–Kier alpha value is -6.76. The summed E-state index contributed by atoms with van der Waals surface area (Å²) in [5.74, 6) is -2.31. The number of fused-ring (bicyclic) bond motifs is 2. The summed E-state index contributed by atoms with van der Waals surface area (Å²) in [6, 6.07) is 32.5. The molecule has 0 saturated heterocycles. The molecule has 2 heterocycles. The molecule has 4 amide bonds. The van der Waals surface area contributed by atoms with Gasteiger partial charge >= 0.3 is 0 Å². The zero-order chi connectivity index (χ0) is 40.3. The zero-order valence-corrected chi connectivity index (χ0v) is 31.4. The van der Waals surface area contributed by atoms with Gasteiger partial charge in [-0.15, -0.1) is 0 Å². The summed E-state index contributed by atoms with van der Waals surface area (Å²) >= 11 is 0. The van der Waals surface area contributed by atoms with Crippen LogP contribution in [-0.2, 0) is 34.7 Å². The van der Waals surface area contributed by atoms with Crippen molar-refractivity contribution in [3.63, 3.8) is 0 Å². The lowest BCUT2D eigenvalue weighted by Crippen LogP contribution is -2.46. The van der Waals surface area contributed by atoms with Crippen LogP contribution in [0.25, 0.3) is 0 Å². The molecule has 57 heavy (non-hydrogen) atoms. The highest BCUT2D eigenvalue weighted by Gasteiger charge is 2.52. The predicted octanol–water partition coefficient (Wildman–Crippen LogP) is 5.62. The van der Waals surface area contributed by atoms with Crippen molar-refractivity contribution in [3.05, 3.63) is 161 Å². The maximum Gasteiger partial charge on any atom is 0.264 e. The monoisotopic (exact) mass is 764 g/mol. The minimum Gasteiger partial charge on any atom is -0.399 e. The fourth-order valence-corrected chi connectivity index (χ4v) is 7.46. The third-order valence-electron chi connectivity index (χ3n) is 10.7. The van der Waals surface area contributed by atoms with Crippen LogP contribution in [0, 0.1) is 5.92 Å². The molecule has 5 aromatic rings. The minimum absolute atomic E-state index is 0.00356. The van der Waals surface area contributed by atoms with Gasteiger partial charge in [-0.1, -0.05) is 55.5 Å². The summed E-state index contributed by atoms with van der Waals surface area (Å²) in [6.07, 6.45) is 3.85. The molecule has 5 aromatic carbocycles. The molecule has 0 saturated carbocycles. The Morgan fingerprint density at radius 3 is 2.07 bits per heavy atom. The largest absolute Gasteiger partial charge is 0.399 e. The quantitative estimate of drug-likeness (QED) is 0.0738. The average Bonchev–Trinajstić information content (AvgIpc) is 3.42. The fourth-order valence-electron chi connectivity index (χ4n) is 7.46. The summed E-state index contributed by atoms with van der Waals surface area (Å²) in [5.41, 5.74) is 15.8. The number of aliphatic hydroxyl groups is 2. The van der Waals surface area contributed by atoms with Crippen molar-refractivity contribution < 1.29 is 29.4 Å². The molecule has 2 aliphatic heterocycles. The van der Waals surface area contributed by atoms with Gasteiger partial charge in [0.1, 0.15) is 0 Å². The third kappa shape index (κ3) is 7.99. The fraction of sp³-hybridized carbons (Fsp3) is 0.200. The van der Waals surface area contributed by atoms with E-state index in [2.05, 4.69) is 10.6 Å². The number of nitrogens with zero attached hydrogens (tertiary/aromatic N) is 2. The van der Waals surface area contributed by atoms with E-state index in [1.807, 2.05) is 30.3 Å². The summed E-state index contributed by atoms with van der Waals surface area (Å²) < 4.78 is 0. The number of nitrogens with two attached hydrogens (primary N) is 2. The molecule has 2 aliphatic rings. The molecule has 0 spiro atoms. The SMILES string of the molecule is C[C@H](/C=C/CC(=O)N1Cc2ccccc2C[C@H]1CO)[C@@]1(O)C(=O)N(Cc2cccc(NC(=O)c3ccc(N)cc3)c2)c2ccc(NC(=O)c3ccc(N)cc3)cc21. The summed E-state index contributed by atoms with van der Waals surface area (Å²) in [5, 5.41) is 28.3. The van der Waals surface area contributed by atoms with Gasteiger partial charge in [0.05, 0.1) is 24.9 Å². The van der Waals surface area contributed by atoms with Crippen LogP contribution in [0.2, 0.25) is 0 Å². The van der Waals surface area contributed by atoms with E-state index in [1.165, 1.54) is 4.90 Å². The average molecular weight is 765 g/mol. The number of benzene rings is 5. The topological polar surface area (TPSA) is 191 Å². The molecular formula is C45H44N6O6. The van der Waals surface area contributed by atoms with Crippen molar-refractivity contribution in [2.24, 2.45) is 5.92 Å². The lowest BCUT2D eigenvalue weighted by atomic mass is 9.82. The molecule has 0 bridgehead atoms. The molecule has 7 rings (SSSR count). The van der Waals surface area contributed by atoms with Gasteiger partial charge in [-0.05, 0) is 102 Å². The molecule has 8 N–H and O–H groups in total. The van der Waals surface area contributed by atoms with E-state index in [0.29, 0.717) is 58.1 Å². The number of nitrogen functional groups attached to an aromatic ring is 2. The highest BCUT2D eigenvalue weighted by molar-refractivity contribution is 6.09. The van der Waals surface area contributed by atoms with Crippen LogP contribution >= 0.6 is 0 Å². The van der Waals surface area contributed by atoms with Crippen LogP contribution in [0.15, 0.2) is 127 Å². The van der Waals surface area contributed by atoms with Crippen molar-refractivity contribution >= 4 is 52.1 Å². The molecule has 0 radical (unpaired) electrons. The van der Waals surface area contributed by atoms with Gasteiger partial charge in [-0.2, -0.15) is 0 Å². The van der Waals surface area contributed by atoms with Gasteiger partial charge in [0.15, 0.2) is 5.60 Å². The Morgan fingerprint density at radius 1 is 0.825 bits per heavy atom. The highest BCUT2D eigenvalue weighted by atomic mass is 16.3. The van der Waals surface area contributed by atoms with E-state index in [0.717, 1.165) is 11.1 Å². The van der Waals surface area contributed by atoms with Crippen molar-refractivity contribution in [3.8, 4) is 0 Å². The first-order valence-electron chi connectivity index (χ1n) is 18.7. The van der Waals surface area contributed by atoms with Crippen molar-refractivity contribution in [2.75, 3.05) is 33.6 Å². The number of carbonyl (C=O) groups is 4. The highest BCUT2D eigenvalue weighted by Crippen LogP contribution is 2.47. The lowest BCUT2D eigenvalue weighted by Gasteiger charge is -2.36. The minimum atomic E-state index is -2.07. The number of carbonyl (C=O) groups excluding carboxylic acids is 4. The number of hydrogen-bond acceptors (Lipinski definition) is 8. The molecule has 12 heteroatoms. The summed E-state index contributed by atoms with van der Waals surface area (Å²) in [7, 11) is 0. The standard InChI is InChI=1S/C45H44N6O6/c1-28(6-4-11-41(53)50-26-33-9-3-2-8-32(33)23-38(50)27-52)45(57)39-24-37(49-43(55)31-14-18-35(47)19-15-31)20-21-40(39)51(44(45)56)25-29-7-5-10-36(22-29)48-42(54)30-12-16-34(46)17-13-30/h2-10,12-22,24,28,38,52,57H,11,23,25-27,46-47H2,1H3,(H,48,54)(H,49,55)/b6-4+/t28-,38+,45+/m1/s1. The second kappa shape index (κ2) is 16.1. The van der Waals surface area contributed by atoms with Crippen LogP contribution in [0.3, 0.4) is 0 Å². The number of rotatable bonds is 11. The molecular weight excluding hydrogens is 721 g/mol. The second-order valence-electron chi connectivity index (χ2n) is 14.5. The second-order valence-corrected chi connectivity index (χ2v) is 14.5. The van der Waals surface area contributed by atoms with Gasteiger partial charge < -0.3 is 42.1 Å². The molecule has 0 aromatic heterocycles. The van der Waals surface area contributed by atoms with Crippen LogP contribution in [0.5, 0.6) is 0 Å². The number of hydrogen-bond donors (Lipinski definition) is 6. The molecule has 3 atom stereocenters. The maximum absolute atomic E-state index is 14.5. The van der Waals surface area contributed by atoms with E-state index in [1.54, 1.807) is 109 Å². The van der Waals surface area contributed by atoms with Crippen LogP contribution in [-0.4, -0.2) is 51.4 Å². The first-order valence-corrected chi connectivity index (χ1v) is 18.7. The first-order chi connectivity index (χ1) is 27.4. The van der Waals surface area contributed by atoms with E-state index in [4.69, 9.17) is 11.5 Å². The maximum atomic E-state index is 14.5. The van der Waals surface area contributed by atoms with Gasteiger partial charge in [-0.3, -0.25) is 19.2 Å². The number of aliphatic hydroxyl groups excluding tert-OH is 1. The Bertz CT molecular complexity index is 2360. The van der Waals surface area contributed by atoms with Crippen LogP contribution in [0.1, 0.15) is 56.3 Å². The molecule has 0 unspecified atom stereocenters. The smallest absolute Gasteiger partial charge is 0.264 e. The Kier molecular flexibility index (Phi) is 10.9. The van der Waals surface area contributed by atoms with E-state index in [-0.39, 0.29) is 43.0 Å².